The highest BCUT2D eigenvalue weighted by molar-refractivity contribution is 5.19. The van der Waals surface area contributed by atoms with Crippen LogP contribution in [-0.2, 0) is 0 Å². The van der Waals surface area contributed by atoms with Gasteiger partial charge in [-0.05, 0) is 62.5 Å². The lowest BCUT2D eigenvalue weighted by Gasteiger charge is -2.34. The van der Waals surface area contributed by atoms with Gasteiger partial charge in [0.1, 0.15) is 0 Å². The second-order valence-corrected chi connectivity index (χ2v) is 5.99. The molecule has 0 amide bonds. The average molecular weight is 259 g/mol. The van der Waals surface area contributed by atoms with Gasteiger partial charge in [-0.15, -0.1) is 0 Å². The van der Waals surface area contributed by atoms with E-state index in [2.05, 4.69) is 49.5 Å². The van der Waals surface area contributed by atoms with Crippen LogP contribution < -0.4 is 5.32 Å². The molecule has 2 rings (SSSR count). The van der Waals surface area contributed by atoms with Crippen LogP contribution in [0, 0.1) is 5.92 Å². The van der Waals surface area contributed by atoms with E-state index in [0.717, 1.165) is 17.9 Å². The lowest BCUT2D eigenvalue weighted by atomic mass is 9.75. The van der Waals surface area contributed by atoms with Gasteiger partial charge in [0.2, 0.25) is 0 Å². The van der Waals surface area contributed by atoms with Gasteiger partial charge in [-0.2, -0.15) is 0 Å². The number of hydrogen-bond donors (Lipinski definition) is 1. The second-order valence-electron chi connectivity index (χ2n) is 5.99. The van der Waals surface area contributed by atoms with Crippen molar-refractivity contribution in [2.75, 3.05) is 6.54 Å². The largest absolute Gasteiger partial charge is 0.314 e. The molecule has 19 heavy (non-hydrogen) atoms. The lowest BCUT2D eigenvalue weighted by molar-refractivity contribution is 0.247. The predicted molar refractivity (Wildman–Crippen MR) is 83.5 cm³/mol. The molecule has 1 saturated carbocycles. The minimum absolute atomic E-state index is 0.747. The van der Waals surface area contributed by atoms with Crippen LogP contribution in [0.5, 0.6) is 0 Å². The monoisotopic (exact) mass is 259 g/mol. The normalized spacial score (nSPS) is 25.2. The molecule has 1 aromatic carbocycles. The van der Waals surface area contributed by atoms with E-state index in [1.54, 1.807) is 5.56 Å². The molecule has 0 spiro atoms. The first-order valence-electron chi connectivity index (χ1n) is 8.13. The van der Waals surface area contributed by atoms with Crippen LogP contribution in [-0.4, -0.2) is 12.6 Å². The molecule has 1 nitrogen and oxygen atoms in total. The molecule has 0 aromatic heterocycles. The zero-order chi connectivity index (χ0) is 13.5. The van der Waals surface area contributed by atoms with Crippen molar-refractivity contribution in [3.05, 3.63) is 35.9 Å². The molecule has 1 fully saturated rings. The molecular weight excluding hydrogens is 230 g/mol. The van der Waals surface area contributed by atoms with Gasteiger partial charge >= 0.3 is 0 Å². The van der Waals surface area contributed by atoms with Crippen molar-refractivity contribution in [1.82, 2.24) is 5.32 Å². The maximum Gasteiger partial charge on any atom is 0.00927 e. The van der Waals surface area contributed by atoms with Crippen molar-refractivity contribution >= 4 is 0 Å². The third kappa shape index (κ3) is 4.07. The van der Waals surface area contributed by atoms with Crippen LogP contribution in [0.15, 0.2) is 30.3 Å². The third-order valence-corrected chi connectivity index (χ3v) is 4.71. The Bertz CT molecular complexity index is 338. The molecule has 0 saturated heterocycles. The molecule has 106 valence electrons. The summed E-state index contributed by atoms with van der Waals surface area (Å²) in [4.78, 5) is 0. The summed E-state index contributed by atoms with van der Waals surface area (Å²) in [5, 5.41) is 3.74. The minimum atomic E-state index is 0.747. The van der Waals surface area contributed by atoms with Gasteiger partial charge in [-0.1, -0.05) is 44.2 Å². The van der Waals surface area contributed by atoms with Crippen molar-refractivity contribution in [3.63, 3.8) is 0 Å². The fraction of sp³-hybridized carbons (Fsp3) is 0.667. The van der Waals surface area contributed by atoms with Crippen LogP contribution >= 0.6 is 0 Å². The average Bonchev–Trinajstić information content (AvgIpc) is 2.49. The zero-order valence-electron chi connectivity index (χ0n) is 12.6. The summed E-state index contributed by atoms with van der Waals surface area (Å²) in [6.45, 7) is 5.76. The fourth-order valence-corrected chi connectivity index (χ4v) is 3.55. The van der Waals surface area contributed by atoms with E-state index in [1.807, 2.05) is 0 Å². The summed E-state index contributed by atoms with van der Waals surface area (Å²) < 4.78 is 0. The fourth-order valence-electron chi connectivity index (χ4n) is 3.55. The van der Waals surface area contributed by atoms with Crippen molar-refractivity contribution in [2.24, 2.45) is 5.92 Å². The summed E-state index contributed by atoms with van der Waals surface area (Å²) in [6, 6.07) is 11.8. The molecule has 1 aliphatic rings. The maximum atomic E-state index is 3.74. The Morgan fingerprint density at radius 3 is 2.32 bits per heavy atom. The van der Waals surface area contributed by atoms with Gasteiger partial charge in [-0.3, -0.25) is 0 Å². The Balaban J connectivity index is 1.84. The number of hydrogen-bond acceptors (Lipinski definition) is 1. The van der Waals surface area contributed by atoms with Gasteiger partial charge in [-0.25, -0.2) is 0 Å². The Kier molecular flexibility index (Phi) is 5.91. The number of nitrogens with one attached hydrogen (secondary N) is 1. The first-order chi connectivity index (χ1) is 9.35. The minimum Gasteiger partial charge on any atom is -0.314 e. The zero-order valence-corrected chi connectivity index (χ0v) is 12.6. The first-order valence-corrected chi connectivity index (χ1v) is 8.13. The highest BCUT2D eigenvalue weighted by Crippen LogP contribution is 2.37. The predicted octanol–water partition coefficient (Wildman–Crippen LogP) is 4.74. The quantitative estimate of drug-likeness (QED) is 0.778. The van der Waals surface area contributed by atoms with Crippen molar-refractivity contribution in [2.45, 2.75) is 64.3 Å². The Labute approximate surface area is 118 Å². The maximum absolute atomic E-state index is 3.74. The molecule has 1 unspecified atom stereocenters. The molecule has 1 aromatic rings. The van der Waals surface area contributed by atoms with E-state index in [-0.39, 0.29) is 0 Å². The molecule has 0 bridgehead atoms. The molecule has 0 heterocycles. The van der Waals surface area contributed by atoms with E-state index < -0.39 is 0 Å². The first kappa shape index (κ1) is 14.6. The highest BCUT2D eigenvalue weighted by Gasteiger charge is 2.26. The van der Waals surface area contributed by atoms with E-state index in [0.29, 0.717) is 0 Å². The van der Waals surface area contributed by atoms with Crippen molar-refractivity contribution < 1.29 is 0 Å². The SMILES string of the molecule is CCCNC(CC)C1CCC(c2ccccc2)CC1. The van der Waals surface area contributed by atoms with Gasteiger partial charge in [0.05, 0.1) is 0 Å². The van der Waals surface area contributed by atoms with E-state index in [1.165, 1.54) is 45.1 Å². The topological polar surface area (TPSA) is 12.0 Å². The standard InChI is InChI=1S/C18H29N/c1-3-14-19-18(4-2)17-12-10-16(11-13-17)15-8-6-5-7-9-15/h5-9,16-19H,3-4,10-14H2,1-2H3. The van der Waals surface area contributed by atoms with Gasteiger partial charge in [0.25, 0.3) is 0 Å². The molecule has 1 aliphatic carbocycles. The van der Waals surface area contributed by atoms with Crippen molar-refractivity contribution in [1.29, 1.82) is 0 Å². The molecule has 0 radical (unpaired) electrons. The van der Waals surface area contributed by atoms with E-state index >= 15 is 0 Å². The molecular formula is C18H29N. The van der Waals surface area contributed by atoms with Crippen LogP contribution in [0.1, 0.15) is 63.9 Å². The van der Waals surface area contributed by atoms with Gasteiger partial charge in [0, 0.05) is 6.04 Å². The molecule has 1 N–H and O–H groups in total. The summed E-state index contributed by atoms with van der Waals surface area (Å²) in [5.41, 5.74) is 1.55. The van der Waals surface area contributed by atoms with Gasteiger partial charge < -0.3 is 5.32 Å². The van der Waals surface area contributed by atoms with Crippen molar-refractivity contribution in [3.8, 4) is 0 Å². The summed E-state index contributed by atoms with van der Waals surface area (Å²) in [5.74, 6) is 1.71. The van der Waals surface area contributed by atoms with Crippen LogP contribution in [0.2, 0.25) is 0 Å². The van der Waals surface area contributed by atoms with Gasteiger partial charge in [0.15, 0.2) is 0 Å². The Morgan fingerprint density at radius 2 is 1.74 bits per heavy atom. The Hall–Kier alpha value is -0.820. The molecule has 0 aliphatic heterocycles. The number of benzene rings is 1. The lowest BCUT2D eigenvalue weighted by Crippen LogP contribution is -2.37. The third-order valence-electron chi connectivity index (χ3n) is 4.71. The van der Waals surface area contributed by atoms with Crippen LogP contribution in [0.25, 0.3) is 0 Å². The van der Waals surface area contributed by atoms with E-state index in [9.17, 15) is 0 Å². The second kappa shape index (κ2) is 7.69. The van der Waals surface area contributed by atoms with Crippen LogP contribution in [0.3, 0.4) is 0 Å². The number of rotatable bonds is 6. The van der Waals surface area contributed by atoms with E-state index in [4.69, 9.17) is 0 Å². The summed E-state index contributed by atoms with van der Waals surface area (Å²) in [7, 11) is 0. The summed E-state index contributed by atoms with van der Waals surface area (Å²) in [6.07, 6.45) is 8.07. The van der Waals surface area contributed by atoms with Crippen LogP contribution in [0.4, 0.5) is 0 Å². The molecule has 1 atom stereocenters. The smallest absolute Gasteiger partial charge is 0.00927 e. The summed E-state index contributed by atoms with van der Waals surface area (Å²) >= 11 is 0. The molecule has 1 heteroatoms. The Morgan fingerprint density at radius 1 is 1.05 bits per heavy atom. The highest BCUT2D eigenvalue weighted by atomic mass is 14.9.